The normalized spacial score (nSPS) is 15.4. The van der Waals surface area contributed by atoms with Crippen LogP contribution in [0, 0.1) is 20.5 Å². The van der Waals surface area contributed by atoms with Crippen LogP contribution in [0.25, 0.3) is 21.9 Å². The standard InChI is InChI=1S/C30H22N2O3.2ClHO4.6H2O.Zn/c1-3-9-19(10-4-1)25-17-33-29(31-25)23-15-7-13-21-22-14-8-16-24(28(22)35-27(21)23)30-32-26(18-34-30)20-11-5-2-6-12-20;2*2-1(3,4)5;;;;;;;/h1-16,25-26H,17-18H2;2*(H,2,3,4,5);6*1H2;/q;;;;;;;;;+2/p-2/t25-,26-;;;;;;;;;/m0........./s1. The Kier molecular flexibility index (Phi) is 22.6. The zero-order valence-electron chi connectivity index (χ0n) is 26.7. The number of halogens is 2. The van der Waals surface area contributed by atoms with E-state index >= 15 is 0 Å². The molecular formula is C30H34Cl2N2O17Zn. The Hall–Kier alpha value is -3.74. The molecule has 3 heterocycles. The van der Waals surface area contributed by atoms with Crippen LogP contribution < -0.4 is 37.3 Å². The Morgan fingerprint density at radius 1 is 0.462 bits per heavy atom. The van der Waals surface area contributed by atoms with Gasteiger partial charge in [-0.2, -0.15) is 0 Å². The molecule has 0 spiro atoms. The van der Waals surface area contributed by atoms with Gasteiger partial charge in [-0.3, -0.25) is 0 Å². The first-order chi connectivity index (χ1) is 21.3. The second-order valence-electron chi connectivity index (χ2n) is 9.57. The molecule has 0 saturated carbocycles. The van der Waals surface area contributed by atoms with Crippen LogP contribution in [-0.2, 0) is 29.0 Å². The van der Waals surface area contributed by atoms with E-state index in [2.05, 4.69) is 36.4 Å². The summed E-state index contributed by atoms with van der Waals surface area (Å²) in [7, 11) is -9.89. The van der Waals surface area contributed by atoms with Gasteiger partial charge in [-0.1, -0.05) is 84.9 Å². The third-order valence-electron chi connectivity index (χ3n) is 6.66. The van der Waals surface area contributed by atoms with Crippen LogP contribution in [0.5, 0.6) is 0 Å². The SMILES string of the molecule is O.O.O.O.O.O.[O-][Cl+3]([O-])([O-])[O-].[O-][Cl+3]([O-])([O-])[O-].[Zn+2].c1ccc([C@@H]2COC(c3cccc4c3oc3c(C5=N[C@H](c6ccccc6)CO5)cccc34)=N2)cc1. The average molecular weight is 831 g/mol. The van der Waals surface area contributed by atoms with E-state index in [0.717, 1.165) is 44.2 Å². The third kappa shape index (κ3) is 14.0. The number of rotatable bonds is 4. The molecule has 0 aliphatic carbocycles. The van der Waals surface area contributed by atoms with Crippen LogP contribution in [-0.4, -0.2) is 57.9 Å². The molecule has 52 heavy (non-hydrogen) atoms. The summed E-state index contributed by atoms with van der Waals surface area (Å²) in [5.74, 6) is 1.23. The molecule has 0 amide bonds. The van der Waals surface area contributed by atoms with E-state index in [1.165, 1.54) is 0 Å². The minimum absolute atomic E-state index is 0. The smallest absolute Gasteiger partial charge is 0.475 e. The van der Waals surface area contributed by atoms with Crippen LogP contribution in [0.15, 0.2) is 111 Å². The first-order valence-electron chi connectivity index (χ1n) is 13.0. The second-order valence-corrected chi connectivity index (χ2v) is 11.1. The topological polar surface area (TPSA) is 430 Å². The maximum absolute atomic E-state index is 8.49. The zero-order chi connectivity index (χ0) is 32.2. The summed E-state index contributed by atoms with van der Waals surface area (Å²) in [5, 5.41) is 2.04. The summed E-state index contributed by atoms with van der Waals surface area (Å²) >= 11 is 0. The molecule has 0 fully saturated rings. The van der Waals surface area contributed by atoms with Gasteiger partial charge in [0.05, 0.1) is 11.1 Å². The molecule has 0 saturated heterocycles. The number of hydrogen-bond donors (Lipinski definition) is 0. The minimum Gasteiger partial charge on any atom is -0.475 e. The fourth-order valence-electron chi connectivity index (χ4n) is 4.89. The molecule has 1 aromatic heterocycles. The van der Waals surface area contributed by atoms with Gasteiger partial charge in [0.1, 0.15) is 36.5 Å². The molecule has 2 atom stereocenters. The molecule has 22 heteroatoms. The number of ether oxygens (including phenoxy) is 2. The van der Waals surface area contributed by atoms with E-state index in [9.17, 15) is 0 Å². The van der Waals surface area contributed by atoms with Gasteiger partial charge in [0.2, 0.25) is 11.8 Å². The van der Waals surface area contributed by atoms with E-state index in [4.69, 9.17) is 61.1 Å². The minimum atomic E-state index is -4.94. The largest absolute Gasteiger partial charge is 2.00 e. The first kappa shape index (κ1) is 52.6. The third-order valence-corrected chi connectivity index (χ3v) is 6.66. The van der Waals surface area contributed by atoms with Crippen LogP contribution in [0.1, 0.15) is 34.3 Å². The van der Waals surface area contributed by atoms with Gasteiger partial charge in [0.15, 0.2) is 0 Å². The van der Waals surface area contributed by atoms with Crippen molar-refractivity contribution in [2.45, 2.75) is 12.1 Å². The maximum Gasteiger partial charge on any atom is 2.00 e. The summed E-state index contributed by atoms with van der Waals surface area (Å²) in [6.07, 6.45) is 0. The van der Waals surface area contributed by atoms with Crippen LogP contribution in [0.2, 0.25) is 0 Å². The fraction of sp³-hybridized carbons (Fsp3) is 0.133. The van der Waals surface area contributed by atoms with Crippen molar-refractivity contribution >= 4 is 33.7 Å². The van der Waals surface area contributed by atoms with Crippen molar-refractivity contribution in [1.29, 1.82) is 0 Å². The molecular weight excluding hydrogens is 797 g/mol. The quantitative estimate of drug-likeness (QED) is 0.153. The van der Waals surface area contributed by atoms with Gasteiger partial charge >= 0.3 is 19.5 Å². The Morgan fingerprint density at radius 2 is 0.769 bits per heavy atom. The number of furan rings is 1. The number of fused-ring (bicyclic) bond motifs is 3. The van der Waals surface area contributed by atoms with Crippen LogP contribution in [0.3, 0.4) is 0 Å². The van der Waals surface area contributed by atoms with Crippen molar-refractivity contribution in [2.75, 3.05) is 13.2 Å². The predicted octanol–water partition coefficient (Wildman–Crippen LogP) is -7.84. The summed E-state index contributed by atoms with van der Waals surface area (Å²) in [4.78, 5) is 9.76. The van der Waals surface area contributed by atoms with Crippen LogP contribution in [0.4, 0.5) is 0 Å². The van der Waals surface area contributed by atoms with Gasteiger partial charge in [0, 0.05) is 10.8 Å². The molecule has 4 aromatic carbocycles. The van der Waals surface area contributed by atoms with Gasteiger partial charge < -0.3 is 46.7 Å². The van der Waals surface area contributed by atoms with E-state index in [1.807, 2.05) is 60.7 Å². The predicted molar refractivity (Wildman–Crippen MR) is 159 cm³/mol. The molecule has 2 aliphatic rings. The van der Waals surface area contributed by atoms with Gasteiger partial charge in [0.25, 0.3) is 0 Å². The van der Waals surface area contributed by atoms with Crippen molar-refractivity contribution in [3.8, 4) is 0 Å². The Balaban J connectivity index is -0.00000127. The molecule has 12 N–H and O–H groups in total. The molecule has 0 radical (unpaired) electrons. The Morgan fingerprint density at radius 3 is 1.08 bits per heavy atom. The number of aliphatic imine (C=N–C) groups is 2. The number of para-hydroxylation sites is 2. The van der Waals surface area contributed by atoms with Crippen molar-refractivity contribution in [2.24, 2.45) is 9.98 Å². The number of hydrogen-bond acceptors (Lipinski definition) is 13. The van der Waals surface area contributed by atoms with E-state index in [1.54, 1.807) is 0 Å². The van der Waals surface area contributed by atoms with Crippen LogP contribution >= 0.6 is 0 Å². The summed E-state index contributed by atoms with van der Waals surface area (Å²) in [6.45, 7) is 1.04. The summed E-state index contributed by atoms with van der Waals surface area (Å²) < 4.78 is 86.5. The molecule has 19 nitrogen and oxygen atoms in total. The molecule has 5 aromatic rings. The van der Waals surface area contributed by atoms with Gasteiger partial charge in [-0.25, -0.2) is 47.3 Å². The number of benzene rings is 4. The second kappa shape index (κ2) is 22.4. The monoisotopic (exact) mass is 828 g/mol. The fourth-order valence-corrected chi connectivity index (χ4v) is 4.89. The van der Waals surface area contributed by atoms with E-state index in [0.29, 0.717) is 25.0 Å². The van der Waals surface area contributed by atoms with E-state index < -0.39 is 20.5 Å². The molecule has 2 aliphatic heterocycles. The molecule has 0 unspecified atom stereocenters. The maximum atomic E-state index is 8.49. The van der Waals surface area contributed by atoms with Crippen molar-refractivity contribution in [1.82, 2.24) is 0 Å². The van der Waals surface area contributed by atoms with Gasteiger partial charge in [-0.05, 0) is 23.3 Å². The Bertz CT molecular complexity index is 1690. The van der Waals surface area contributed by atoms with Gasteiger partial charge in [-0.15, -0.1) is 20.5 Å². The van der Waals surface area contributed by atoms with Crippen molar-refractivity contribution < 1.29 is 124 Å². The Labute approximate surface area is 311 Å². The zero-order valence-corrected chi connectivity index (χ0v) is 31.1. The van der Waals surface area contributed by atoms with Crippen molar-refractivity contribution in [3.63, 3.8) is 0 Å². The first-order valence-corrected chi connectivity index (χ1v) is 15.5. The summed E-state index contributed by atoms with van der Waals surface area (Å²) in [5.41, 5.74) is 5.54. The van der Waals surface area contributed by atoms with E-state index in [-0.39, 0.29) is 64.4 Å². The average Bonchev–Trinajstić information content (AvgIpc) is 3.75. The molecule has 7 rings (SSSR count). The van der Waals surface area contributed by atoms with Crippen molar-refractivity contribution in [3.05, 3.63) is 119 Å². The number of nitrogens with zero attached hydrogens (tertiary/aromatic N) is 2. The molecule has 282 valence electrons. The molecule has 0 bridgehead atoms. The summed E-state index contributed by atoms with van der Waals surface area (Å²) in [6, 6.07) is 32.6.